The average molecular weight is 795 g/mol. The first-order chi connectivity index (χ1) is 30.7. The van der Waals surface area contributed by atoms with Gasteiger partial charge < -0.3 is 8.83 Å². The molecule has 0 spiro atoms. The number of benzene rings is 8. The first-order valence-corrected chi connectivity index (χ1v) is 21.2. The number of furan rings is 2. The van der Waals surface area contributed by atoms with Crippen molar-refractivity contribution in [2.75, 3.05) is 0 Å². The fraction of sp³-hybridized carbons (Fsp3) is 0.0345. The molecule has 0 N–H and O–H groups in total. The van der Waals surface area contributed by atoms with E-state index in [9.17, 15) is 0 Å². The Hall–Kier alpha value is -8.08. The first-order valence-electron chi connectivity index (χ1n) is 21.2. The molecule has 3 aromatic heterocycles. The number of para-hydroxylation sites is 1. The molecule has 1 aliphatic carbocycles. The van der Waals surface area contributed by atoms with E-state index in [1.807, 2.05) is 30.3 Å². The van der Waals surface area contributed by atoms with Crippen molar-refractivity contribution < 1.29 is 8.83 Å². The number of hydrogen-bond donors (Lipinski definition) is 0. The van der Waals surface area contributed by atoms with E-state index in [1.54, 1.807) is 0 Å². The Kier molecular flexibility index (Phi) is 8.60. The lowest BCUT2D eigenvalue weighted by Gasteiger charge is -2.14. The highest BCUT2D eigenvalue weighted by Crippen LogP contribution is 2.40. The second-order valence-electron chi connectivity index (χ2n) is 16.1. The quantitative estimate of drug-likeness (QED) is 0.161. The molecule has 1 aliphatic rings. The van der Waals surface area contributed by atoms with Crippen molar-refractivity contribution >= 4 is 39.0 Å². The summed E-state index contributed by atoms with van der Waals surface area (Å²) in [5.41, 5.74) is 17.6. The Balaban J connectivity index is 1.02. The maximum Gasteiger partial charge on any atom is 0.160 e. The van der Waals surface area contributed by atoms with Gasteiger partial charge in [0.05, 0.1) is 11.4 Å². The number of nitrogens with zero attached hydrogens (tertiary/aromatic N) is 2. The van der Waals surface area contributed by atoms with E-state index in [-0.39, 0.29) is 0 Å². The molecule has 0 bridgehead atoms. The zero-order chi connectivity index (χ0) is 41.0. The summed E-state index contributed by atoms with van der Waals surface area (Å²) in [7, 11) is 0. The number of hydrogen-bond acceptors (Lipinski definition) is 4. The van der Waals surface area contributed by atoms with Gasteiger partial charge in [-0.15, -0.1) is 0 Å². The number of aryl methyl sites for hydroxylation is 1. The summed E-state index contributed by atoms with van der Waals surface area (Å²) in [6.07, 6.45) is 6.37. The molecule has 11 aromatic rings. The largest absolute Gasteiger partial charge is 0.460 e. The minimum Gasteiger partial charge on any atom is -0.460 e. The van der Waals surface area contributed by atoms with Crippen molar-refractivity contribution in [2.45, 2.75) is 12.8 Å². The van der Waals surface area contributed by atoms with E-state index in [0.29, 0.717) is 5.82 Å². The van der Waals surface area contributed by atoms with Crippen molar-refractivity contribution in [3.8, 4) is 78.4 Å². The summed E-state index contributed by atoms with van der Waals surface area (Å²) < 4.78 is 12.6. The summed E-state index contributed by atoms with van der Waals surface area (Å²) in [4.78, 5) is 10.6. The Morgan fingerprint density at radius 1 is 0.339 bits per heavy atom. The molecular weight excluding hydrogens is 757 g/mol. The molecule has 4 heteroatoms. The van der Waals surface area contributed by atoms with Crippen molar-refractivity contribution in [3.05, 3.63) is 212 Å². The van der Waals surface area contributed by atoms with Crippen molar-refractivity contribution in [1.29, 1.82) is 0 Å². The van der Waals surface area contributed by atoms with Gasteiger partial charge >= 0.3 is 0 Å². The zero-order valence-corrected chi connectivity index (χ0v) is 33.8. The standard InChI is InChI=1S/C58H38N2O2/c1-3-12-37(13-4-1)38-22-24-39(25-23-38)41-16-11-17-44(30-41)52-36-53(60-58(59-52)40-14-5-2-6-15-40)47-32-45(42-26-28-56-50(34-42)48-18-7-9-20-54(48)61-56)31-46(33-47)43-27-29-57-51(35-43)49-19-8-10-21-55(49)62-57/h1-9,11-20,22-36H,10,21H2. The van der Waals surface area contributed by atoms with E-state index < -0.39 is 0 Å². The highest BCUT2D eigenvalue weighted by Gasteiger charge is 2.18. The minimum absolute atomic E-state index is 0.673. The molecule has 0 aliphatic heterocycles. The molecule has 8 aromatic carbocycles. The van der Waals surface area contributed by atoms with Crippen LogP contribution in [0.3, 0.4) is 0 Å². The van der Waals surface area contributed by atoms with Crippen LogP contribution in [0.4, 0.5) is 0 Å². The molecule has 0 fully saturated rings. The van der Waals surface area contributed by atoms with Gasteiger partial charge in [-0.25, -0.2) is 9.97 Å². The van der Waals surface area contributed by atoms with Crippen LogP contribution >= 0.6 is 0 Å². The van der Waals surface area contributed by atoms with Crippen LogP contribution in [0, 0.1) is 0 Å². The Morgan fingerprint density at radius 2 is 0.855 bits per heavy atom. The molecule has 0 saturated heterocycles. The molecule has 12 rings (SSSR count). The van der Waals surface area contributed by atoms with Crippen LogP contribution in [0.15, 0.2) is 209 Å². The molecule has 0 amide bonds. The Labute approximate surface area is 359 Å². The second kappa shape index (κ2) is 14.9. The molecule has 292 valence electrons. The van der Waals surface area contributed by atoms with Crippen LogP contribution in [0.25, 0.3) is 117 Å². The number of aromatic nitrogens is 2. The van der Waals surface area contributed by atoms with Crippen LogP contribution in [-0.2, 0) is 6.42 Å². The third-order valence-electron chi connectivity index (χ3n) is 12.1. The van der Waals surface area contributed by atoms with Crippen LogP contribution in [0.1, 0.15) is 17.7 Å². The van der Waals surface area contributed by atoms with Crippen LogP contribution in [0.5, 0.6) is 0 Å². The highest BCUT2D eigenvalue weighted by molar-refractivity contribution is 6.06. The molecule has 0 saturated carbocycles. The smallest absolute Gasteiger partial charge is 0.160 e. The van der Waals surface area contributed by atoms with E-state index in [0.717, 1.165) is 113 Å². The molecule has 3 heterocycles. The number of rotatable bonds is 7. The molecular formula is C58H38N2O2. The second-order valence-corrected chi connectivity index (χ2v) is 16.1. The lowest BCUT2D eigenvalue weighted by atomic mass is 9.92. The molecule has 0 unspecified atom stereocenters. The van der Waals surface area contributed by atoms with Crippen molar-refractivity contribution in [1.82, 2.24) is 9.97 Å². The van der Waals surface area contributed by atoms with Crippen molar-refractivity contribution in [3.63, 3.8) is 0 Å². The van der Waals surface area contributed by atoms with Crippen LogP contribution < -0.4 is 0 Å². The zero-order valence-electron chi connectivity index (χ0n) is 33.8. The predicted octanol–water partition coefficient (Wildman–Crippen LogP) is 15.8. The minimum atomic E-state index is 0.673. The highest BCUT2D eigenvalue weighted by atomic mass is 16.3. The Morgan fingerprint density at radius 3 is 1.61 bits per heavy atom. The topological polar surface area (TPSA) is 52.1 Å². The molecule has 4 nitrogen and oxygen atoms in total. The Bertz CT molecular complexity index is 3500. The average Bonchev–Trinajstić information content (AvgIpc) is 3.92. The summed E-state index contributed by atoms with van der Waals surface area (Å²) >= 11 is 0. The molecule has 0 atom stereocenters. The van der Waals surface area contributed by atoms with Gasteiger partial charge in [-0.1, -0.05) is 146 Å². The van der Waals surface area contributed by atoms with Gasteiger partial charge in [-0.2, -0.15) is 0 Å². The van der Waals surface area contributed by atoms with Gasteiger partial charge in [0.2, 0.25) is 0 Å². The maximum absolute atomic E-state index is 6.33. The predicted molar refractivity (Wildman–Crippen MR) is 254 cm³/mol. The summed E-state index contributed by atoms with van der Waals surface area (Å²) in [5, 5.41) is 3.33. The number of allylic oxidation sites excluding steroid dienone is 1. The normalized spacial score (nSPS) is 12.3. The summed E-state index contributed by atoms with van der Waals surface area (Å²) in [5.74, 6) is 1.73. The van der Waals surface area contributed by atoms with Crippen molar-refractivity contribution in [2.24, 2.45) is 0 Å². The number of fused-ring (bicyclic) bond motifs is 6. The van der Waals surface area contributed by atoms with Gasteiger partial charge in [-0.05, 0) is 112 Å². The van der Waals surface area contributed by atoms with E-state index in [1.165, 1.54) is 16.7 Å². The SMILES string of the molecule is C1=Cc2c(oc3ccc(-c4cc(-c5ccc6oc7ccccc7c6c5)cc(-c5cc(-c6cccc(-c7ccc(-c8ccccc8)cc7)c6)nc(-c6ccccc6)n5)c4)cc23)CC1. The molecule has 0 radical (unpaired) electrons. The maximum atomic E-state index is 6.33. The summed E-state index contributed by atoms with van der Waals surface area (Å²) in [6.45, 7) is 0. The van der Waals surface area contributed by atoms with E-state index in [4.69, 9.17) is 18.8 Å². The lowest BCUT2D eigenvalue weighted by Crippen LogP contribution is -1.97. The van der Waals surface area contributed by atoms with Gasteiger partial charge in [0.15, 0.2) is 5.82 Å². The lowest BCUT2D eigenvalue weighted by molar-refractivity contribution is 0.546. The van der Waals surface area contributed by atoms with Gasteiger partial charge in [0.25, 0.3) is 0 Å². The third kappa shape index (κ3) is 6.50. The fourth-order valence-corrected chi connectivity index (χ4v) is 8.95. The fourth-order valence-electron chi connectivity index (χ4n) is 8.95. The monoisotopic (exact) mass is 794 g/mol. The van der Waals surface area contributed by atoms with Crippen LogP contribution in [0.2, 0.25) is 0 Å². The van der Waals surface area contributed by atoms with Gasteiger partial charge in [0, 0.05) is 44.8 Å². The summed E-state index contributed by atoms with van der Waals surface area (Å²) in [6, 6.07) is 68.5. The van der Waals surface area contributed by atoms with E-state index in [2.05, 4.69) is 176 Å². The van der Waals surface area contributed by atoms with Gasteiger partial charge in [-0.3, -0.25) is 0 Å². The van der Waals surface area contributed by atoms with Crippen LogP contribution in [-0.4, -0.2) is 9.97 Å². The van der Waals surface area contributed by atoms with Gasteiger partial charge in [0.1, 0.15) is 22.5 Å². The van der Waals surface area contributed by atoms with E-state index >= 15 is 0 Å². The third-order valence-corrected chi connectivity index (χ3v) is 12.1. The first kappa shape index (κ1) is 35.8. The molecule has 62 heavy (non-hydrogen) atoms.